The Morgan fingerprint density at radius 2 is 2.30 bits per heavy atom. The van der Waals surface area contributed by atoms with Gasteiger partial charge >= 0.3 is 0 Å². The monoisotopic (exact) mass is 314 g/mol. The van der Waals surface area contributed by atoms with Crippen molar-refractivity contribution in [1.82, 2.24) is 9.29 Å². The number of piperidine rings is 1. The first kappa shape index (κ1) is 14.0. The third-order valence-electron chi connectivity index (χ3n) is 4.33. The summed E-state index contributed by atoms with van der Waals surface area (Å²) in [6, 6.07) is 2.90. The molecule has 0 aromatic carbocycles. The van der Waals surface area contributed by atoms with Crippen LogP contribution >= 0.6 is 11.6 Å². The molecule has 2 aliphatic rings. The highest BCUT2D eigenvalue weighted by atomic mass is 35.5. The first-order valence-corrected chi connectivity index (χ1v) is 8.37. The van der Waals surface area contributed by atoms with Crippen LogP contribution in [-0.4, -0.2) is 36.6 Å². The fraction of sp³-hybridized carbons (Fsp3) is 0.538. The van der Waals surface area contributed by atoms with Crippen molar-refractivity contribution in [3.8, 4) is 0 Å². The topological polar surface area (TPSA) is 67.3 Å². The summed E-state index contributed by atoms with van der Waals surface area (Å²) in [5.41, 5.74) is -0.415. The number of sulfonamides is 1. The number of aromatic nitrogens is 1. The number of hydrogen-bond acceptors (Lipinski definition) is 4. The Hall–Kier alpha value is -0.980. The van der Waals surface area contributed by atoms with E-state index < -0.39 is 15.4 Å². The molecule has 108 valence electrons. The van der Waals surface area contributed by atoms with Gasteiger partial charge in [0.1, 0.15) is 15.8 Å². The minimum Gasteiger partial charge on any atom is -0.299 e. The van der Waals surface area contributed by atoms with Crippen LogP contribution in [0.5, 0.6) is 0 Å². The SMILES string of the molecule is CCC(=O)[C@@]12C[C@@H]1CN(S(=O)(=O)c1ccc(Cl)nc1)C2. The molecule has 20 heavy (non-hydrogen) atoms. The second-order valence-corrected chi connectivity index (χ2v) is 7.77. The van der Waals surface area contributed by atoms with E-state index in [1.165, 1.54) is 22.6 Å². The van der Waals surface area contributed by atoms with Gasteiger partial charge in [0.25, 0.3) is 0 Å². The number of fused-ring (bicyclic) bond motifs is 1. The van der Waals surface area contributed by atoms with Crippen LogP contribution < -0.4 is 0 Å². The zero-order valence-electron chi connectivity index (χ0n) is 11.0. The Morgan fingerprint density at radius 3 is 2.90 bits per heavy atom. The van der Waals surface area contributed by atoms with E-state index >= 15 is 0 Å². The Kier molecular flexibility index (Phi) is 3.15. The molecule has 1 aromatic rings. The lowest BCUT2D eigenvalue weighted by Crippen LogP contribution is -2.33. The molecule has 1 aliphatic carbocycles. The van der Waals surface area contributed by atoms with Gasteiger partial charge < -0.3 is 0 Å². The fourth-order valence-electron chi connectivity index (χ4n) is 3.07. The van der Waals surface area contributed by atoms with Crippen molar-refractivity contribution in [3.63, 3.8) is 0 Å². The number of carbonyl (C=O) groups excluding carboxylic acids is 1. The highest BCUT2D eigenvalue weighted by molar-refractivity contribution is 7.89. The third kappa shape index (κ3) is 1.98. The Balaban J connectivity index is 1.85. The van der Waals surface area contributed by atoms with Gasteiger partial charge in [0.15, 0.2) is 0 Å². The fourth-order valence-corrected chi connectivity index (χ4v) is 4.68. The van der Waals surface area contributed by atoms with Crippen LogP contribution in [0, 0.1) is 11.3 Å². The summed E-state index contributed by atoms with van der Waals surface area (Å²) < 4.78 is 26.4. The molecule has 1 saturated heterocycles. The maximum Gasteiger partial charge on any atom is 0.244 e. The van der Waals surface area contributed by atoms with E-state index in [1.807, 2.05) is 6.92 Å². The number of Topliss-reactive ketones (excluding diaryl/α,β-unsaturated/α-hetero) is 1. The summed E-state index contributed by atoms with van der Waals surface area (Å²) in [5.74, 6) is 0.361. The molecule has 0 unspecified atom stereocenters. The summed E-state index contributed by atoms with van der Waals surface area (Å²) in [6.07, 6.45) is 2.55. The van der Waals surface area contributed by atoms with E-state index in [2.05, 4.69) is 4.98 Å². The van der Waals surface area contributed by atoms with Gasteiger partial charge in [-0.2, -0.15) is 4.31 Å². The highest BCUT2D eigenvalue weighted by Gasteiger charge is 2.65. The predicted octanol–water partition coefficient (Wildman–Crippen LogP) is 1.72. The van der Waals surface area contributed by atoms with Crippen LogP contribution in [0.1, 0.15) is 19.8 Å². The molecular weight excluding hydrogens is 300 g/mol. The number of pyridine rings is 1. The molecule has 2 fully saturated rings. The molecule has 1 aromatic heterocycles. The van der Waals surface area contributed by atoms with Crippen LogP contribution in [0.25, 0.3) is 0 Å². The van der Waals surface area contributed by atoms with Gasteiger partial charge in [-0.1, -0.05) is 18.5 Å². The lowest BCUT2D eigenvalue weighted by atomic mass is 9.98. The third-order valence-corrected chi connectivity index (χ3v) is 6.35. The molecule has 0 N–H and O–H groups in total. The summed E-state index contributed by atoms with van der Waals surface area (Å²) in [4.78, 5) is 15.9. The molecule has 7 heteroatoms. The van der Waals surface area contributed by atoms with Crippen LogP contribution in [0.2, 0.25) is 5.15 Å². The van der Waals surface area contributed by atoms with E-state index in [4.69, 9.17) is 11.6 Å². The first-order chi connectivity index (χ1) is 9.40. The van der Waals surface area contributed by atoms with E-state index in [9.17, 15) is 13.2 Å². The summed E-state index contributed by atoms with van der Waals surface area (Å²) in [7, 11) is -3.58. The minimum absolute atomic E-state index is 0.127. The van der Waals surface area contributed by atoms with E-state index in [1.54, 1.807) is 0 Å². The van der Waals surface area contributed by atoms with Gasteiger partial charge in [-0.05, 0) is 24.5 Å². The average molecular weight is 315 g/mol. The van der Waals surface area contributed by atoms with Crippen molar-refractivity contribution >= 4 is 27.4 Å². The molecule has 2 heterocycles. The number of ketones is 1. The predicted molar refractivity (Wildman–Crippen MR) is 73.8 cm³/mol. The molecule has 1 saturated carbocycles. The molecule has 3 rings (SSSR count). The second kappa shape index (κ2) is 4.51. The first-order valence-electron chi connectivity index (χ1n) is 6.55. The standard InChI is InChI=1S/C13H15ClN2O3S/c1-2-11(17)13-5-9(13)7-16(8-13)20(18,19)10-3-4-12(14)15-6-10/h3-4,6,9H,2,5,7-8H2,1H3/t9-,13-/m1/s1. The van der Waals surface area contributed by atoms with Crippen LogP contribution in [0.15, 0.2) is 23.2 Å². The highest BCUT2D eigenvalue weighted by Crippen LogP contribution is 2.59. The smallest absolute Gasteiger partial charge is 0.244 e. The number of hydrogen-bond donors (Lipinski definition) is 0. The molecule has 0 amide bonds. The second-order valence-electron chi connectivity index (χ2n) is 5.45. The minimum atomic E-state index is -3.58. The zero-order valence-corrected chi connectivity index (χ0v) is 12.6. The number of carbonyl (C=O) groups is 1. The maximum atomic E-state index is 12.5. The quantitative estimate of drug-likeness (QED) is 0.794. The van der Waals surface area contributed by atoms with Gasteiger partial charge in [0.05, 0.1) is 0 Å². The summed E-state index contributed by atoms with van der Waals surface area (Å²) >= 11 is 5.67. The average Bonchev–Trinajstić information content (AvgIpc) is 3.00. The van der Waals surface area contributed by atoms with Crippen molar-refractivity contribution in [3.05, 3.63) is 23.5 Å². The van der Waals surface area contributed by atoms with Crippen LogP contribution in [-0.2, 0) is 14.8 Å². The van der Waals surface area contributed by atoms with Crippen molar-refractivity contribution in [1.29, 1.82) is 0 Å². The van der Waals surface area contributed by atoms with Gasteiger partial charge in [-0.15, -0.1) is 0 Å². The van der Waals surface area contributed by atoms with Crippen LogP contribution in [0.4, 0.5) is 0 Å². The van der Waals surface area contributed by atoms with E-state index in [0.717, 1.165) is 6.42 Å². The molecule has 0 spiro atoms. The molecular formula is C13H15ClN2O3S. The molecule has 0 radical (unpaired) electrons. The van der Waals surface area contributed by atoms with Crippen molar-refractivity contribution < 1.29 is 13.2 Å². The number of halogens is 1. The van der Waals surface area contributed by atoms with Gasteiger partial charge in [-0.3, -0.25) is 4.79 Å². The van der Waals surface area contributed by atoms with Crippen LogP contribution in [0.3, 0.4) is 0 Å². The van der Waals surface area contributed by atoms with Crippen molar-refractivity contribution in [2.45, 2.75) is 24.7 Å². The Bertz CT molecular complexity index is 659. The summed E-state index contributed by atoms with van der Waals surface area (Å²) in [6.45, 7) is 2.55. The largest absolute Gasteiger partial charge is 0.299 e. The number of nitrogens with zero attached hydrogens (tertiary/aromatic N) is 2. The lowest BCUT2D eigenvalue weighted by molar-refractivity contribution is -0.123. The van der Waals surface area contributed by atoms with E-state index in [-0.39, 0.29) is 21.7 Å². The molecule has 2 atom stereocenters. The molecule has 1 aliphatic heterocycles. The molecule has 0 bridgehead atoms. The number of rotatable bonds is 4. The van der Waals surface area contributed by atoms with Gasteiger partial charge in [-0.25, -0.2) is 13.4 Å². The lowest BCUT2D eigenvalue weighted by Gasteiger charge is -2.19. The van der Waals surface area contributed by atoms with Gasteiger partial charge in [0.2, 0.25) is 10.0 Å². The Labute approximate surface area is 123 Å². The zero-order chi connectivity index (χ0) is 14.5. The van der Waals surface area contributed by atoms with E-state index in [0.29, 0.717) is 19.5 Å². The van der Waals surface area contributed by atoms with Crippen molar-refractivity contribution in [2.75, 3.05) is 13.1 Å². The Morgan fingerprint density at radius 1 is 1.55 bits per heavy atom. The van der Waals surface area contributed by atoms with Crippen molar-refractivity contribution in [2.24, 2.45) is 11.3 Å². The summed E-state index contributed by atoms with van der Waals surface area (Å²) in [5, 5.41) is 0.255. The maximum absolute atomic E-state index is 12.5. The normalized spacial score (nSPS) is 29.2. The van der Waals surface area contributed by atoms with Gasteiger partial charge in [0, 0.05) is 31.1 Å². The molecule has 5 nitrogen and oxygen atoms in total.